The molecule has 16 heavy (non-hydrogen) atoms. The number of methoxy groups -OCH3 is 1. The average Bonchev–Trinajstić information content (AvgIpc) is 2.32. The fraction of sp³-hybridized carbons (Fsp3) is 0.917. The van der Waals surface area contributed by atoms with E-state index in [2.05, 4.69) is 18.6 Å². The summed E-state index contributed by atoms with van der Waals surface area (Å²) in [4.78, 5) is 11.0. The van der Waals surface area contributed by atoms with Crippen LogP contribution in [0.4, 0.5) is 0 Å². The van der Waals surface area contributed by atoms with Crippen LogP contribution in [0.1, 0.15) is 39.5 Å². The maximum atomic E-state index is 11.0. The molecule has 0 aromatic heterocycles. The van der Waals surface area contributed by atoms with Gasteiger partial charge >= 0.3 is 5.97 Å². The second-order valence-electron chi connectivity index (χ2n) is 4.08. The molecule has 0 rings (SSSR count). The number of rotatable bonds is 9. The van der Waals surface area contributed by atoms with Gasteiger partial charge in [0.25, 0.3) is 0 Å². The van der Waals surface area contributed by atoms with E-state index in [1.807, 2.05) is 0 Å². The van der Waals surface area contributed by atoms with Gasteiger partial charge in [-0.2, -0.15) is 0 Å². The Hall–Kier alpha value is -0.610. The molecule has 0 radical (unpaired) electrons. The van der Waals surface area contributed by atoms with Crippen LogP contribution in [0.25, 0.3) is 0 Å². The third-order valence-corrected chi connectivity index (χ3v) is 2.70. The van der Waals surface area contributed by atoms with E-state index in [0.717, 1.165) is 6.42 Å². The molecule has 0 aromatic carbocycles. The van der Waals surface area contributed by atoms with E-state index < -0.39 is 12.0 Å². The zero-order chi connectivity index (χ0) is 12.4. The normalized spacial score (nSPS) is 14.5. The monoisotopic (exact) mass is 231 g/mol. The van der Waals surface area contributed by atoms with Crippen molar-refractivity contribution in [1.82, 2.24) is 0 Å². The van der Waals surface area contributed by atoms with E-state index in [4.69, 9.17) is 10.5 Å². The second kappa shape index (κ2) is 9.60. The minimum absolute atomic E-state index is 0.245. The van der Waals surface area contributed by atoms with Crippen molar-refractivity contribution < 1.29 is 14.3 Å². The molecule has 2 N–H and O–H groups in total. The minimum atomic E-state index is -0.659. The molecule has 0 saturated heterocycles. The summed E-state index contributed by atoms with van der Waals surface area (Å²) in [7, 11) is 1.33. The molecule has 4 nitrogen and oxygen atoms in total. The summed E-state index contributed by atoms with van der Waals surface area (Å²) in [5, 5.41) is 0. The van der Waals surface area contributed by atoms with Gasteiger partial charge in [-0.1, -0.05) is 33.1 Å². The third kappa shape index (κ3) is 6.80. The predicted octanol–water partition coefficient (Wildman–Crippen LogP) is 1.72. The molecule has 4 heteroatoms. The van der Waals surface area contributed by atoms with Gasteiger partial charge in [-0.15, -0.1) is 0 Å². The topological polar surface area (TPSA) is 61.5 Å². The Morgan fingerprint density at radius 1 is 1.31 bits per heavy atom. The molecule has 96 valence electrons. The Labute approximate surface area is 98.5 Å². The van der Waals surface area contributed by atoms with Crippen LogP contribution < -0.4 is 5.73 Å². The van der Waals surface area contributed by atoms with Gasteiger partial charge in [0.15, 0.2) is 0 Å². The van der Waals surface area contributed by atoms with Crippen LogP contribution in [-0.4, -0.2) is 32.3 Å². The van der Waals surface area contributed by atoms with Crippen molar-refractivity contribution in [2.75, 3.05) is 20.3 Å². The molecule has 0 aliphatic heterocycles. The molecular weight excluding hydrogens is 206 g/mol. The molecule has 0 bridgehead atoms. The summed E-state index contributed by atoms with van der Waals surface area (Å²) in [6.07, 6.45) is 4.72. The van der Waals surface area contributed by atoms with E-state index in [-0.39, 0.29) is 6.61 Å². The number of hydrogen-bond donors (Lipinski definition) is 1. The zero-order valence-electron chi connectivity index (χ0n) is 10.7. The summed E-state index contributed by atoms with van der Waals surface area (Å²) < 4.78 is 9.96. The molecule has 0 saturated carbocycles. The number of ether oxygens (including phenoxy) is 2. The van der Waals surface area contributed by atoms with Gasteiger partial charge in [0.1, 0.15) is 6.04 Å². The lowest BCUT2D eigenvalue weighted by molar-refractivity contribution is -0.143. The molecule has 0 amide bonds. The lowest BCUT2D eigenvalue weighted by atomic mass is 10.0. The highest BCUT2D eigenvalue weighted by Gasteiger charge is 2.14. The molecule has 0 fully saturated rings. The largest absolute Gasteiger partial charge is 0.468 e. The fourth-order valence-corrected chi connectivity index (χ4v) is 1.48. The van der Waals surface area contributed by atoms with Gasteiger partial charge in [-0.25, -0.2) is 0 Å². The van der Waals surface area contributed by atoms with Gasteiger partial charge in [-0.3, -0.25) is 4.79 Å². The van der Waals surface area contributed by atoms with E-state index in [1.54, 1.807) is 0 Å². The summed E-state index contributed by atoms with van der Waals surface area (Å²) in [6, 6.07) is -0.659. The van der Waals surface area contributed by atoms with Crippen LogP contribution in [0.2, 0.25) is 0 Å². The summed E-state index contributed by atoms with van der Waals surface area (Å²) >= 11 is 0. The number of esters is 1. The highest BCUT2D eigenvalue weighted by Crippen LogP contribution is 2.12. The SMILES string of the molecule is CCCCC(CC)COCC(N)C(=O)OC. The first kappa shape index (κ1) is 15.4. The highest BCUT2D eigenvalue weighted by atomic mass is 16.5. The zero-order valence-corrected chi connectivity index (χ0v) is 10.7. The van der Waals surface area contributed by atoms with E-state index >= 15 is 0 Å². The number of carbonyl (C=O) groups is 1. The van der Waals surface area contributed by atoms with Crippen LogP contribution in [0, 0.1) is 5.92 Å². The average molecular weight is 231 g/mol. The molecule has 2 atom stereocenters. The smallest absolute Gasteiger partial charge is 0.325 e. The minimum Gasteiger partial charge on any atom is -0.468 e. The van der Waals surface area contributed by atoms with Crippen LogP contribution >= 0.6 is 0 Å². The summed E-state index contributed by atoms with van der Waals surface area (Å²) in [5.74, 6) is 0.159. The first-order valence-electron chi connectivity index (χ1n) is 6.06. The summed E-state index contributed by atoms with van der Waals surface area (Å²) in [6.45, 7) is 5.27. The van der Waals surface area contributed by atoms with Gasteiger partial charge in [0.05, 0.1) is 13.7 Å². The van der Waals surface area contributed by atoms with E-state index in [1.165, 1.54) is 26.4 Å². The Morgan fingerprint density at radius 2 is 2.00 bits per heavy atom. The van der Waals surface area contributed by atoms with E-state index in [0.29, 0.717) is 12.5 Å². The first-order chi connectivity index (χ1) is 7.65. The van der Waals surface area contributed by atoms with Crippen LogP contribution in [0.5, 0.6) is 0 Å². The van der Waals surface area contributed by atoms with Crippen molar-refractivity contribution in [3.8, 4) is 0 Å². The van der Waals surface area contributed by atoms with Crippen LogP contribution in [0.15, 0.2) is 0 Å². The number of unbranched alkanes of at least 4 members (excludes halogenated alkanes) is 1. The standard InChI is InChI=1S/C12H25NO3/c1-4-6-7-10(5-2)8-16-9-11(13)12(14)15-3/h10-11H,4-9,13H2,1-3H3. The Balaban J connectivity index is 3.64. The van der Waals surface area contributed by atoms with Crippen molar-refractivity contribution >= 4 is 5.97 Å². The molecule has 0 aromatic rings. The van der Waals surface area contributed by atoms with Crippen molar-refractivity contribution in [2.24, 2.45) is 11.7 Å². The first-order valence-corrected chi connectivity index (χ1v) is 6.06. The molecule has 0 spiro atoms. The number of carbonyl (C=O) groups excluding carboxylic acids is 1. The Kier molecular flexibility index (Phi) is 9.24. The van der Waals surface area contributed by atoms with Crippen molar-refractivity contribution in [3.63, 3.8) is 0 Å². The molecule has 0 aliphatic rings. The van der Waals surface area contributed by atoms with Crippen molar-refractivity contribution in [2.45, 2.75) is 45.6 Å². The maximum Gasteiger partial charge on any atom is 0.325 e. The number of nitrogens with two attached hydrogens (primary N) is 1. The lowest BCUT2D eigenvalue weighted by Gasteiger charge is -2.16. The molecule has 0 aliphatic carbocycles. The van der Waals surface area contributed by atoms with Gasteiger partial charge < -0.3 is 15.2 Å². The van der Waals surface area contributed by atoms with Gasteiger partial charge in [0, 0.05) is 6.61 Å². The molecular formula is C12H25NO3. The quantitative estimate of drug-likeness (QED) is 0.614. The van der Waals surface area contributed by atoms with Gasteiger partial charge in [0.2, 0.25) is 0 Å². The highest BCUT2D eigenvalue weighted by molar-refractivity contribution is 5.75. The third-order valence-electron chi connectivity index (χ3n) is 2.70. The van der Waals surface area contributed by atoms with Crippen molar-refractivity contribution in [3.05, 3.63) is 0 Å². The molecule has 2 unspecified atom stereocenters. The van der Waals surface area contributed by atoms with E-state index in [9.17, 15) is 4.79 Å². The summed E-state index contributed by atoms with van der Waals surface area (Å²) in [5.41, 5.74) is 5.56. The van der Waals surface area contributed by atoms with Crippen LogP contribution in [0.3, 0.4) is 0 Å². The van der Waals surface area contributed by atoms with Crippen LogP contribution in [-0.2, 0) is 14.3 Å². The lowest BCUT2D eigenvalue weighted by Crippen LogP contribution is -2.36. The number of hydrogen-bond acceptors (Lipinski definition) is 4. The fourth-order valence-electron chi connectivity index (χ4n) is 1.48. The van der Waals surface area contributed by atoms with Gasteiger partial charge in [-0.05, 0) is 12.3 Å². The Morgan fingerprint density at radius 3 is 2.50 bits per heavy atom. The van der Waals surface area contributed by atoms with Crippen molar-refractivity contribution in [1.29, 1.82) is 0 Å². The predicted molar refractivity (Wildman–Crippen MR) is 64.1 cm³/mol. The maximum absolute atomic E-state index is 11.0. The second-order valence-corrected chi connectivity index (χ2v) is 4.08. The Bertz CT molecular complexity index is 185. The molecule has 0 heterocycles.